The van der Waals surface area contributed by atoms with Crippen molar-refractivity contribution in [2.24, 2.45) is 0 Å². The van der Waals surface area contributed by atoms with Crippen LogP contribution >= 0.6 is 11.6 Å². The van der Waals surface area contributed by atoms with Crippen molar-refractivity contribution >= 4 is 41.0 Å². The number of carbonyl (C=O) groups excluding carboxylic acids is 3. The monoisotopic (exact) mass is 582 g/mol. The first-order valence-electron chi connectivity index (χ1n) is 12.5. The number of halogens is 4. The quantitative estimate of drug-likeness (QED) is 0.430. The second kappa shape index (κ2) is 11.1. The molecule has 2 fully saturated rings. The number of benzene rings is 2. The number of hydrogen-bond donors (Lipinski definition) is 2. The van der Waals surface area contributed by atoms with Crippen LogP contribution in [0.25, 0.3) is 0 Å². The number of nitrogens with one attached hydrogen (secondary N) is 2. The molecule has 2 N–H and O–H groups in total. The lowest BCUT2D eigenvalue weighted by atomic mass is 9.87. The summed E-state index contributed by atoms with van der Waals surface area (Å²) in [5.74, 6) is -5.25. The second-order valence-electron chi connectivity index (χ2n) is 9.67. The Hall–Kier alpha value is -4.63. The van der Waals surface area contributed by atoms with Gasteiger partial charge in [0.05, 0.1) is 11.6 Å². The third-order valence-corrected chi connectivity index (χ3v) is 7.19. The number of nitriles is 1. The van der Waals surface area contributed by atoms with Gasteiger partial charge in [0, 0.05) is 47.9 Å². The molecule has 2 heterocycles. The van der Waals surface area contributed by atoms with Gasteiger partial charge in [-0.05, 0) is 36.4 Å². The van der Waals surface area contributed by atoms with Crippen LogP contribution in [0.4, 0.5) is 29.5 Å². The summed E-state index contributed by atoms with van der Waals surface area (Å²) in [4.78, 5) is 47.2. The summed E-state index contributed by atoms with van der Waals surface area (Å²) in [7, 11) is 0. The Morgan fingerprint density at radius 3 is 2.61 bits per heavy atom. The van der Waals surface area contributed by atoms with Crippen LogP contribution in [-0.2, 0) is 9.59 Å². The zero-order chi connectivity index (χ0) is 29.3. The first-order valence-corrected chi connectivity index (χ1v) is 12.9. The van der Waals surface area contributed by atoms with E-state index in [0.29, 0.717) is 0 Å². The number of carbonyl (C=O) groups is 3. The van der Waals surface area contributed by atoms with Crippen molar-refractivity contribution < 1.29 is 27.6 Å². The van der Waals surface area contributed by atoms with E-state index in [1.165, 1.54) is 42.6 Å². The van der Waals surface area contributed by atoms with E-state index in [2.05, 4.69) is 15.6 Å². The molecular formula is C28H22ClF3N6O3. The van der Waals surface area contributed by atoms with Gasteiger partial charge in [0.15, 0.2) is 0 Å². The molecule has 9 nitrogen and oxygen atoms in total. The molecule has 4 amide bonds. The number of nitrogens with zero attached hydrogens (tertiary/aromatic N) is 4. The number of alkyl halides is 2. The van der Waals surface area contributed by atoms with Crippen LogP contribution in [-0.4, -0.2) is 47.4 Å². The van der Waals surface area contributed by atoms with Gasteiger partial charge in [0.25, 0.3) is 11.8 Å². The summed E-state index contributed by atoms with van der Waals surface area (Å²) in [6, 6.07) is 11.5. The van der Waals surface area contributed by atoms with Crippen molar-refractivity contribution in [2.75, 3.05) is 16.3 Å². The van der Waals surface area contributed by atoms with Crippen molar-refractivity contribution in [3.05, 3.63) is 88.8 Å². The Balaban J connectivity index is 1.61. The number of rotatable bonds is 7. The molecule has 2 aliphatic rings. The third kappa shape index (κ3) is 5.67. The number of pyridine rings is 1. The number of anilines is 2. The average Bonchev–Trinajstić information content (AvgIpc) is 3.32. The van der Waals surface area contributed by atoms with Crippen LogP contribution in [0.15, 0.2) is 66.9 Å². The van der Waals surface area contributed by atoms with Crippen LogP contribution in [0.5, 0.6) is 0 Å². The normalized spacial score (nSPS) is 18.6. The molecular weight excluding hydrogens is 561 g/mol. The maximum Gasteiger partial charge on any atom is 0.323 e. The maximum absolute atomic E-state index is 14.5. The molecule has 1 aliphatic carbocycles. The molecule has 0 radical (unpaired) electrons. The van der Waals surface area contributed by atoms with E-state index in [1.54, 1.807) is 12.1 Å². The van der Waals surface area contributed by atoms with Gasteiger partial charge in [0.2, 0.25) is 5.91 Å². The molecule has 0 spiro atoms. The molecule has 3 aromatic rings. The standard InChI is InChI=1S/C28H22ClF3N6O3/c29-21-7-2-1-6-20(21)24(25(39)36-18-12-28(31,32)13-18)37(19-5-3-4-17(30)11-19)26(40)22-15-35-27(41)38(22)23-10-16(14-33)8-9-34-23/h1-11,18,22,24H,12-13,15H2,(H,35,41)(H,36,39). The van der Waals surface area contributed by atoms with E-state index in [9.17, 15) is 32.8 Å². The molecule has 0 bridgehead atoms. The third-order valence-electron chi connectivity index (χ3n) is 6.85. The van der Waals surface area contributed by atoms with Crippen LogP contribution in [0.3, 0.4) is 0 Å². The summed E-state index contributed by atoms with van der Waals surface area (Å²) < 4.78 is 41.6. The molecule has 2 atom stereocenters. The SMILES string of the molecule is N#Cc1ccnc(N2C(=O)NCC2C(=O)N(c2cccc(F)c2)C(C(=O)NC2CC(F)(F)C2)c2ccccc2Cl)c1. The highest BCUT2D eigenvalue weighted by Gasteiger charge is 2.48. The van der Waals surface area contributed by atoms with Gasteiger partial charge >= 0.3 is 6.03 Å². The topological polar surface area (TPSA) is 118 Å². The summed E-state index contributed by atoms with van der Waals surface area (Å²) in [6.07, 6.45) is 0.162. The smallest absolute Gasteiger partial charge is 0.323 e. The first-order chi connectivity index (χ1) is 19.6. The predicted molar refractivity (Wildman–Crippen MR) is 143 cm³/mol. The van der Waals surface area contributed by atoms with E-state index < -0.39 is 60.6 Å². The fourth-order valence-electron chi connectivity index (χ4n) is 4.91. The molecule has 2 aromatic carbocycles. The van der Waals surface area contributed by atoms with Crippen molar-refractivity contribution in [3.63, 3.8) is 0 Å². The molecule has 41 heavy (non-hydrogen) atoms. The molecule has 1 saturated heterocycles. The van der Waals surface area contributed by atoms with Gasteiger partial charge in [-0.25, -0.2) is 22.9 Å². The highest BCUT2D eigenvalue weighted by Crippen LogP contribution is 2.39. The lowest BCUT2D eigenvalue weighted by molar-refractivity contribution is -0.132. The van der Waals surface area contributed by atoms with Crippen LogP contribution in [0, 0.1) is 17.1 Å². The van der Waals surface area contributed by atoms with Crippen LogP contribution in [0.1, 0.15) is 30.0 Å². The Bertz CT molecular complexity index is 1560. The molecule has 2 unspecified atom stereocenters. The van der Waals surface area contributed by atoms with E-state index >= 15 is 0 Å². The highest BCUT2D eigenvalue weighted by atomic mass is 35.5. The maximum atomic E-state index is 14.5. The van der Waals surface area contributed by atoms with Gasteiger partial charge in [-0.2, -0.15) is 5.26 Å². The minimum absolute atomic E-state index is 0.00652. The van der Waals surface area contributed by atoms with Gasteiger partial charge in [0.1, 0.15) is 23.7 Å². The molecule has 210 valence electrons. The highest BCUT2D eigenvalue weighted by molar-refractivity contribution is 6.31. The minimum atomic E-state index is -2.92. The lowest BCUT2D eigenvalue weighted by Gasteiger charge is -2.39. The Labute approximate surface area is 237 Å². The van der Waals surface area contributed by atoms with Gasteiger partial charge in [-0.1, -0.05) is 35.9 Å². The second-order valence-corrected chi connectivity index (χ2v) is 10.1. The van der Waals surface area contributed by atoms with E-state index in [0.717, 1.165) is 21.9 Å². The summed E-state index contributed by atoms with van der Waals surface area (Å²) in [6.45, 7) is -0.201. The van der Waals surface area contributed by atoms with E-state index in [1.807, 2.05) is 6.07 Å². The zero-order valence-electron chi connectivity index (χ0n) is 21.2. The summed E-state index contributed by atoms with van der Waals surface area (Å²) in [5.41, 5.74) is 0.310. The van der Waals surface area contributed by atoms with E-state index in [4.69, 9.17) is 11.6 Å². The van der Waals surface area contributed by atoms with Crippen molar-refractivity contribution in [2.45, 2.75) is 36.9 Å². The number of hydrogen-bond acceptors (Lipinski definition) is 5. The fourth-order valence-corrected chi connectivity index (χ4v) is 5.15. The van der Waals surface area contributed by atoms with Gasteiger partial charge < -0.3 is 10.6 Å². The molecule has 1 aromatic heterocycles. The molecule has 1 saturated carbocycles. The fraction of sp³-hybridized carbons (Fsp3) is 0.250. The predicted octanol–water partition coefficient (Wildman–Crippen LogP) is 4.33. The number of urea groups is 1. The van der Waals surface area contributed by atoms with Crippen LogP contribution < -0.4 is 20.4 Å². The van der Waals surface area contributed by atoms with E-state index in [-0.39, 0.29) is 34.2 Å². The number of aromatic nitrogens is 1. The van der Waals surface area contributed by atoms with Crippen molar-refractivity contribution in [1.82, 2.24) is 15.6 Å². The summed E-state index contributed by atoms with van der Waals surface area (Å²) in [5, 5.41) is 14.5. The molecule has 5 rings (SSSR count). The van der Waals surface area contributed by atoms with Crippen molar-refractivity contribution in [1.29, 1.82) is 5.26 Å². The zero-order valence-corrected chi connectivity index (χ0v) is 22.0. The number of amides is 4. The largest absolute Gasteiger partial charge is 0.351 e. The van der Waals surface area contributed by atoms with Gasteiger partial charge in [-0.15, -0.1) is 0 Å². The average molecular weight is 583 g/mol. The first kappa shape index (κ1) is 27.9. The molecule has 13 heteroatoms. The Kier molecular flexibility index (Phi) is 7.55. The minimum Gasteiger partial charge on any atom is -0.351 e. The Morgan fingerprint density at radius 2 is 1.93 bits per heavy atom. The van der Waals surface area contributed by atoms with Crippen molar-refractivity contribution in [3.8, 4) is 6.07 Å². The Morgan fingerprint density at radius 1 is 1.17 bits per heavy atom. The van der Waals surface area contributed by atoms with Gasteiger partial charge in [-0.3, -0.25) is 19.4 Å². The van der Waals surface area contributed by atoms with Crippen LogP contribution in [0.2, 0.25) is 5.02 Å². The molecule has 1 aliphatic heterocycles. The lowest BCUT2D eigenvalue weighted by Crippen LogP contribution is -2.56. The summed E-state index contributed by atoms with van der Waals surface area (Å²) >= 11 is 6.47.